The van der Waals surface area contributed by atoms with Crippen molar-refractivity contribution in [3.8, 4) is 0 Å². The normalized spacial score (nSPS) is 17.3. The van der Waals surface area contributed by atoms with Gasteiger partial charge in [-0.25, -0.2) is 4.68 Å². The summed E-state index contributed by atoms with van der Waals surface area (Å²) in [5, 5.41) is 23.6. The van der Waals surface area contributed by atoms with Gasteiger partial charge >= 0.3 is 0 Å². The number of hydrogen-bond acceptors (Lipinski definition) is 6. The van der Waals surface area contributed by atoms with Crippen LogP contribution in [-0.2, 0) is 10.5 Å². The summed E-state index contributed by atoms with van der Waals surface area (Å²) in [6, 6.07) is 0.421. The third kappa shape index (κ3) is 4.45. The lowest BCUT2D eigenvalue weighted by atomic mass is 10.2. The Hall–Kier alpha value is -1.15. The van der Waals surface area contributed by atoms with Crippen molar-refractivity contribution in [3.63, 3.8) is 0 Å². The summed E-state index contributed by atoms with van der Waals surface area (Å²) >= 11 is 1.49. The van der Waals surface area contributed by atoms with Gasteiger partial charge in [0.1, 0.15) is 0 Å². The van der Waals surface area contributed by atoms with Gasteiger partial charge < -0.3 is 10.4 Å². The second-order valence-electron chi connectivity index (χ2n) is 5.12. The number of nitrogens with one attached hydrogen (secondary N) is 1. The van der Waals surface area contributed by atoms with Gasteiger partial charge in [0.15, 0.2) is 5.82 Å². The average molecular weight is 299 g/mol. The molecule has 1 saturated carbocycles. The summed E-state index contributed by atoms with van der Waals surface area (Å²) < 4.78 is 1.91. The Morgan fingerprint density at radius 1 is 1.55 bits per heavy atom. The first kappa shape index (κ1) is 15.2. The summed E-state index contributed by atoms with van der Waals surface area (Å²) in [6.45, 7) is 1.93. The van der Waals surface area contributed by atoms with Crippen molar-refractivity contribution in [1.82, 2.24) is 25.5 Å². The van der Waals surface area contributed by atoms with Crippen LogP contribution in [0.2, 0.25) is 0 Å². The molecule has 1 amide bonds. The highest BCUT2D eigenvalue weighted by Gasteiger charge is 2.21. The molecule has 0 aliphatic heterocycles. The maximum Gasteiger partial charge on any atom is 0.230 e. The van der Waals surface area contributed by atoms with Crippen LogP contribution < -0.4 is 5.32 Å². The van der Waals surface area contributed by atoms with Crippen LogP contribution in [-0.4, -0.2) is 49.6 Å². The van der Waals surface area contributed by atoms with Crippen LogP contribution in [0.4, 0.5) is 0 Å². The van der Waals surface area contributed by atoms with Gasteiger partial charge in [-0.05, 0) is 30.2 Å². The number of tetrazole rings is 1. The molecule has 7 nitrogen and oxygen atoms in total. The number of thioether (sulfide) groups is 1. The van der Waals surface area contributed by atoms with E-state index in [1.807, 2.05) is 4.68 Å². The monoisotopic (exact) mass is 299 g/mol. The third-order valence-electron chi connectivity index (χ3n) is 3.29. The first-order valence-corrected chi connectivity index (χ1v) is 8.11. The Morgan fingerprint density at radius 2 is 2.30 bits per heavy atom. The molecule has 1 heterocycles. The number of nitrogens with zero attached hydrogens (tertiary/aromatic N) is 4. The molecule has 1 fully saturated rings. The van der Waals surface area contributed by atoms with Crippen LogP contribution >= 0.6 is 11.8 Å². The molecule has 1 aliphatic rings. The van der Waals surface area contributed by atoms with Crippen molar-refractivity contribution in [2.45, 2.75) is 50.5 Å². The predicted octanol–water partition coefficient (Wildman–Crippen LogP) is 0.518. The molecule has 2 rings (SSSR count). The van der Waals surface area contributed by atoms with Crippen molar-refractivity contribution in [1.29, 1.82) is 0 Å². The third-order valence-corrected chi connectivity index (χ3v) is 4.22. The number of carbonyl (C=O) groups is 1. The average Bonchev–Trinajstić information content (AvgIpc) is 3.06. The smallest absolute Gasteiger partial charge is 0.230 e. The SMILES string of the molecule is CC(O)CNC(=O)CSCc1nnnn1C1CCCC1. The zero-order valence-electron chi connectivity index (χ0n) is 11.7. The summed E-state index contributed by atoms with van der Waals surface area (Å²) in [4.78, 5) is 11.5. The largest absolute Gasteiger partial charge is 0.392 e. The highest BCUT2D eigenvalue weighted by atomic mass is 32.2. The predicted molar refractivity (Wildman–Crippen MR) is 76.2 cm³/mol. The van der Waals surface area contributed by atoms with Crippen LogP contribution in [0.25, 0.3) is 0 Å². The van der Waals surface area contributed by atoms with E-state index in [2.05, 4.69) is 20.8 Å². The van der Waals surface area contributed by atoms with Crippen molar-refractivity contribution >= 4 is 17.7 Å². The number of amides is 1. The maximum absolute atomic E-state index is 11.5. The molecule has 1 unspecified atom stereocenters. The number of rotatable bonds is 7. The fourth-order valence-corrected chi connectivity index (χ4v) is 3.05. The van der Waals surface area contributed by atoms with E-state index in [1.165, 1.54) is 24.6 Å². The van der Waals surface area contributed by atoms with E-state index in [-0.39, 0.29) is 5.91 Å². The van der Waals surface area contributed by atoms with Gasteiger partial charge in [0.2, 0.25) is 5.91 Å². The van der Waals surface area contributed by atoms with Crippen LogP contribution in [0.1, 0.15) is 44.5 Å². The number of hydrogen-bond donors (Lipinski definition) is 2. The minimum absolute atomic E-state index is 0.0733. The number of aliphatic hydroxyl groups is 1. The number of aromatic nitrogens is 4. The van der Waals surface area contributed by atoms with E-state index in [1.54, 1.807) is 6.92 Å². The Morgan fingerprint density at radius 3 is 3.00 bits per heavy atom. The molecule has 0 saturated heterocycles. The summed E-state index contributed by atoms with van der Waals surface area (Å²) in [5.74, 6) is 1.75. The molecule has 1 aliphatic carbocycles. The minimum atomic E-state index is -0.515. The lowest BCUT2D eigenvalue weighted by molar-refractivity contribution is -0.118. The molecule has 112 valence electrons. The first-order valence-electron chi connectivity index (χ1n) is 6.96. The topological polar surface area (TPSA) is 92.9 Å². The van der Waals surface area contributed by atoms with E-state index in [9.17, 15) is 4.79 Å². The van der Waals surface area contributed by atoms with Gasteiger partial charge in [0, 0.05) is 6.54 Å². The molecular weight excluding hydrogens is 278 g/mol. The van der Waals surface area contributed by atoms with Gasteiger partial charge in [-0.15, -0.1) is 16.9 Å². The quantitative estimate of drug-likeness (QED) is 0.762. The zero-order valence-corrected chi connectivity index (χ0v) is 12.5. The molecule has 1 aromatic heterocycles. The number of aliphatic hydroxyl groups excluding tert-OH is 1. The fourth-order valence-electron chi connectivity index (χ4n) is 2.29. The molecule has 1 atom stereocenters. The van der Waals surface area contributed by atoms with Gasteiger partial charge in [-0.1, -0.05) is 12.8 Å². The first-order chi connectivity index (χ1) is 9.66. The van der Waals surface area contributed by atoms with E-state index in [0.717, 1.165) is 18.7 Å². The van der Waals surface area contributed by atoms with Crippen molar-refractivity contribution in [3.05, 3.63) is 5.82 Å². The molecule has 2 N–H and O–H groups in total. The van der Waals surface area contributed by atoms with Crippen molar-refractivity contribution in [2.24, 2.45) is 0 Å². The number of carbonyl (C=O) groups excluding carboxylic acids is 1. The molecule has 20 heavy (non-hydrogen) atoms. The van der Waals surface area contributed by atoms with Crippen LogP contribution in [0.15, 0.2) is 0 Å². The second-order valence-corrected chi connectivity index (χ2v) is 6.11. The van der Waals surface area contributed by atoms with Crippen molar-refractivity contribution < 1.29 is 9.90 Å². The van der Waals surface area contributed by atoms with Gasteiger partial charge in [0.05, 0.1) is 23.7 Å². The minimum Gasteiger partial charge on any atom is -0.392 e. The molecule has 0 radical (unpaired) electrons. The van der Waals surface area contributed by atoms with Crippen LogP contribution in [0, 0.1) is 0 Å². The van der Waals surface area contributed by atoms with Crippen LogP contribution in [0.3, 0.4) is 0 Å². The van der Waals surface area contributed by atoms with Crippen LogP contribution in [0.5, 0.6) is 0 Å². The summed E-state index contributed by atoms with van der Waals surface area (Å²) in [6.07, 6.45) is 4.23. The summed E-state index contributed by atoms with van der Waals surface area (Å²) in [5.41, 5.74) is 0. The fraction of sp³-hybridized carbons (Fsp3) is 0.833. The Balaban J connectivity index is 1.74. The Kier molecular flexibility index (Phi) is 5.78. The molecule has 8 heteroatoms. The Labute approximate surface area is 122 Å². The van der Waals surface area contributed by atoms with Gasteiger partial charge in [0.25, 0.3) is 0 Å². The Bertz CT molecular complexity index is 431. The highest BCUT2D eigenvalue weighted by molar-refractivity contribution is 7.99. The van der Waals surface area contributed by atoms with Gasteiger partial charge in [-0.3, -0.25) is 4.79 Å². The zero-order chi connectivity index (χ0) is 14.4. The lowest BCUT2D eigenvalue weighted by Crippen LogP contribution is -2.31. The van der Waals surface area contributed by atoms with E-state index in [4.69, 9.17) is 5.11 Å². The molecular formula is C12H21N5O2S. The summed E-state index contributed by atoms with van der Waals surface area (Å²) in [7, 11) is 0. The molecule has 0 bridgehead atoms. The molecule has 0 aromatic carbocycles. The lowest BCUT2D eigenvalue weighted by Gasteiger charge is -2.11. The standard InChI is InChI=1S/C12H21N5O2S/c1-9(18)6-13-12(19)8-20-7-11-14-15-16-17(11)10-4-2-3-5-10/h9-10,18H,2-8H2,1H3,(H,13,19). The van der Waals surface area contributed by atoms with E-state index >= 15 is 0 Å². The second kappa shape index (κ2) is 7.58. The maximum atomic E-state index is 11.5. The van der Waals surface area contributed by atoms with E-state index in [0.29, 0.717) is 24.1 Å². The molecule has 1 aromatic rings. The highest BCUT2D eigenvalue weighted by Crippen LogP contribution is 2.29. The van der Waals surface area contributed by atoms with Gasteiger partial charge in [-0.2, -0.15) is 0 Å². The molecule has 0 spiro atoms. The van der Waals surface area contributed by atoms with Crippen molar-refractivity contribution in [2.75, 3.05) is 12.3 Å². The van der Waals surface area contributed by atoms with E-state index < -0.39 is 6.10 Å².